The van der Waals surface area contributed by atoms with Crippen LogP contribution in [0.2, 0.25) is 0 Å². The first kappa shape index (κ1) is 15.2. The molecule has 4 nitrogen and oxygen atoms in total. The average Bonchev–Trinajstić information content (AvgIpc) is 2.32. The monoisotopic (exact) mass is 337 g/mol. The molecule has 0 heterocycles. The fraction of sp³-hybridized carbons (Fsp3) is 0.455. The molecule has 0 aromatic heterocycles. The van der Waals surface area contributed by atoms with Gasteiger partial charge in [-0.05, 0) is 40.9 Å². The van der Waals surface area contributed by atoms with Gasteiger partial charge in [0.2, 0.25) is 0 Å². The quantitative estimate of drug-likeness (QED) is 0.354. The summed E-state index contributed by atoms with van der Waals surface area (Å²) in [4.78, 5) is 10.2. The fourth-order valence-electron chi connectivity index (χ4n) is 1.35. The third-order valence-corrected chi connectivity index (χ3v) is 3.18. The summed E-state index contributed by atoms with van der Waals surface area (Å²) in [5.74, 6) is 0.185. The molecule has 0 fully saturated rings. The van der Waals surface area contributed by atoms with Crippen molar-refractivity contribution in [2.24, 2.45) is 0 Å². The minimum absolute atomic E-state index is 0.0356. The van der Waals surface area contributed by atoms with Crippen molar-refractivity contribution in [1.82, 2.24) is 0 Å². The number of ether oxygens (including phenoxy) is 1. The molecule has 0 atom stereocenters. The summed E-state index contributed by atoms with van der Waals surface area (Å²) in [6.45, 7) is 0.329. The Hall–Kier alpha value is -0.820. The van der Waals surface area contributed by atoms with Crippen LogP contribution in [0.4, 0.5) is 10.1 Å². The molecule has 0 unspecified atom stereocenters. The standard InChI is InChI=1S/C11H13BrFNO3S/c12-8-6-10(14(15)16)11(7-9(8)13)17-4-2-1-3-5-18/h6-7,18H,1-5H2. The molecule has 0 amide bonds. The van der Waals surface area contributed by atoms with Gasteiger partial charge in [0.05, 0.1) is 16.0 Å². The summed E-state index contributed by atoms with van der Waals surface area (Å²) in [6.07, 6.45) is 2.65. The molecule has 100 valence electrons. The van der Waals surface area contributed by atoms with E-state index in [4.69, 9.17) is 4.74 Å². The first-order valence-electron chi connectivity index (χ1n) is 5.43. The lowest BCUT2D eigenvalue weighted by Crippen LogP contribution is -2.01. The van der Waals surface area contributed by atoms with Crippen molar-refractivity contribution in [2.45, 2.75) is 19.3 Å². The average molecular weight is 338 g/mol. The number of halogens is 2. The third kappa shape index (κ3) is 4.45. The van der Waals surface area contributed by atoms with E-state index in [0.29, 0.717) is 6.61 Å². The molecule has 1 rings (SSSR count). The van der Waals surface area contributed by atoms with Crippen LogP contribution in [0.3, 0.4) is 0 Å². The first-order chi connectivity index (χ1) is 8.56. The van der Waals surface area contributed by atoms with Crippen molar-refractivity contribution in [3.05, 3.63) is 32.5 Å². The number of nitro benzene ring substituents is 1. The van der Waals surface area contributed by atoms with Gasteiger partial charge in [0, 0.05) is 12.1 Å². The van der Waals surface area contributed by atoms with Gasteiger partial charge in [0.1, 0.15) is 5.82 Å². The topological polar surface area (TPSA) is 52.4 Å². The Morgan fingerprint density at radius 3 is 2.72 bits per heavy atom. The zero-order valence-corrected chi connectivity index (χ0v) is 12.0. The summed E-state index contributed by atoms with van der Waals surface area (Å²) in [7, 11) is 0. The maximum Gasteiger partial charge on any atom is 0.312 e. The minimum Gasteiger partial charge on any atom is -0.487 e. The van der Waals surface area contributed by atoms with E-state index < -0.39 is 10.7 Å². The van der Waals surface area contributed by atoms with E-state index in [2.05, 4.69) is 28.6 Å². The van der Waals surface area contributed by atoms with E-state index in [-0.39, 0.29) is 15.9 Å². The Balaban J connectivity index is 2.68. The zero-order chi connectivity index (χ0) is 13.5. The van der Waals surface area contributed by atoms with Gasteiger partial charge in [-0.3, -0.25) is 10.1 Å². The molecule has 0 aliphatic heterocycles. The van der Waals surface area contributed by atoms with E-state index in [9.17, 15) is 14.5 Å². The molecule has 0 saturated carbocycles. The van der Waals surface area contributed by atoms with Gasteiger partial charge >= 0.3 is 5.69 Å². The summed E-state index contributed by atoms with van der Waals surface area (Å²) in [5.41, 5.74) is -0.238. The lowest BCUT2D eigenvalue weighted by Gasteiger charge is -2.07. The Labute approximate surface area is 118 Å². The fourth-order valence-corrected chi connectivity index (χ4v) is 1.90. The van der Waals surface area contributed by atoms with E-state index in [1.807, 2.05) is 0 Å². The number of rotatable bonds is 7. The largest absolute Gasteiger partial charge is 0.487 e. The maximum atomic E-state index is 13.3. The van der Waals surface area contributed by atoms with Crippen LogP contribution in [-0.2, 0) is 0 Å². The van der Waals surface area contributed by atoms with Crippen LogP contribution < -0.4 is 4.74 Å². The summed E-state index contributed by atoms with van der Waals surface area (Å²) in [6, 6.07) is 2.14. The minimum atomic E-state index is -0.590. The Kier molecular flexibility index (Phi) is 6.42. The molecule has 1 aromatic rings. The van der Waals surface area contributed by atoms with Gasteiger partial charge < -0.3 is 4.74 Å². The normalized spacial score (nSPS) is 10.4. The molecule has 18 heavy (non-hydrogen) atoms. The number of nitro groups is 1. The van der Waals surface area contributed by atoms with Gasteiger partial charge in [0.15, 0.2) is 5.75 Å². The van der Waals surface area contributed by atoms with Gasteiger partial charge in [-0.1, -0.05) is 0 Å². The third-order valence-electron chi connectivity index (χ3n) is 2.26. The molecule has 0 spiro atoms. The number of benzene rings is 1. The van der Waals surface area contributed by atoms with Crippen LogP contribution in [0.25, 0.3) is 0 Å². The molecular formula is C11H13BrFNO3S. The van der Waals surface area contributed by atoms with Crippen LogP contribution in [-0.4, -0.2) is 17.3 Å². The highest BCUT2D eigenvalue weighted by Gasteiger charge is 2.18. The molecule has 0 aliphatic rings. The smallest absolute Gasteiger partial charge is 0.312 e. The van der Waals surface area contributed by atoms with E-state index in [0.717, 1.165) is 37.1 Å². The maximum absolute atomic E-state index is 13.3. The highest BCUT2D eigenvalue weighted by Crippen LogP contribution is 2.32. The number of nitrogens with zero attached hydrogens (tertiary/aromatic N) is 1. The second-order valence-corrected chi connectivity index (χ2v) is 4.93. The van der Waals surface area contributed by atoms with E-state index in [1.54, 1.807) is 0 Å². The first-order valence-corrected chi connectivity index (χ1v) is 6.86. The second-order valence-electron chi connectivity index (χ2n) is 3.62. The van der Waals surface area contributed by atoms with Crippen LogP contribution in [0, 0.1) is 15.9 Å². The van der Waals surface area contributed by atoms with Gasteiger partial charge in [-0.2, -0.15) is 12.6 Å². The van der Waals surface area contributed by atoms with Crippen molar-refractivity contribution in [3.63, 3.8) is 0 Å². The lowest BCUT2D eigenvalue weighted by atomic mass is 10.2. The van der Waals surface area contributed by atoms with Crippen LogP contribution in [0.1, 0.15) is 19.3 Å². The van der Waals surface area contributed by atoms with E-state index in [1.165, 1.54) is 0 Å². The molecule has 0 saturated heterocycles. The summed E-state index contributed by atoms with van der Waals surface area (Å²) < 4.78 is 18.6. The van der Waals surface area contributed by atoms with Crippen molar-refractivity contribution in [3.8, 4) is 5.75 Å². The Morgan fingerprint density at radius 1 is 1.39 bits per heavy atom. The molecule has 1 aromatic carbocycles. The molecule has 0 aliphatic carbocycles. The van der Waals surface area contributed by atoms with Crippen LogP contribution in [0.15, 0.2) is 16.6 Å². The molecule has 7 heteroatoms. The van der Waals surface area contributed by atoms with Crippen molar-refractivity contribution in [2.75, 3.05) is 12.4 Å². The van der Waals surface area contributed by atoms with Crippen molar-refractivity contribution in [1.29, 1.82) is 0 Å². The number of thiol groups is 1. The zero-order valence-electron chi connectivity index (χ0n) is 9.57. The van der Waals surface area contributed by atoms with Crippen LogP contribution in [0.5, 0.6) is 5.75 Å². The molecule has 0 bridgehead atoms. The highest BCUT2D eigenvalue weighted by molar-refractivity contribution is 9.10. The number of unbranched alkanes of at least 4 members (excludes halogenated alkanes) is 2. The number of hydrogen-bond acceptors (Lipinski definition) is 4. The SMILES string of the molecule is O=[N+]([O-])c1cc(Br)c(F)cc1OCCCCCS. The van der Waals surface area contributed by atoms with Crippen molar-refractivity contribution < 1.29 is 14.1 Å². The number of hydrogen-bond donors (Lipinski definition) is 1. The summed E-state index contributed by atoms with van der Waals surface area (Å²) in [5, 5.41) is 10.8. The van der Waals surface area contributed by atoms with Gasteiger partial charge in [-0.25, -0.2) is 4.39 Å². The predicted octanol–water partition coefficient (Wildman–Crippen LogP) is 3.98. The molecule has 0 N–H and O–H groups in total. The van der Waals surface area contributed by atoms with Gasteiger partial charge in [0.25, 0.3) is 0 Å². The second kappa shape index (κ2) is 7.58. The predicted molar refractivity (Wildman–Crippen MR) is 74.0 cm³/mol. The molecular weight excluding hydrogens is 325 g/mol. The van der Waals surface area contributed by atoms with Gasteiger partial charge in [-0.15, -0.1) is 0 Å². The van der Waals surface area contributed by atoms with Crippen molar-refractivity contribution >= 4 is 34.2 Å². The summed E-state index contributed by atoms with van der Waals surface area (Å²) >= 11 is 6.98. The molecule has 0 radical (unpaired) electrons. The van der Waals surface area contributed by atoms with Crippen LogP contribution >= 0.6 is 28.6 Å². The lowest BCUT2D eigenvalue weighted by molar-refractivity contribution is -0.386. The Morgan fingerprint density at radius 2 is 2.11 bits per heavy atom. The highest BCUT2D eigenvalue weighted by atomic mass is 79.9. The van der Waals surface area contributed by atoms with E-state index >= 15 is 0 Å². The Bertz CT molecular complexity index is 431.